The maximum atomic E-state index is 12.6. The molecule has 0 aromatic carbocycles. The highest BCUT2D eigenvalue weighted by Crippen LogP contribution is 2.43. The Morgan fingerprint density at radius 2 is 2.42 bits per heavy atom. The molecular weight excluding hydrogens is 159 g/mol. The average Bonchev–Trinajstić information content (AvgIpc) is 2.71. The Bertz CT molecular complexity index is 328. The fourth-order valence-corrected chi connectivity index (χ4v) is 1.40. The van der Waals surface area contributed by atoms with E-state index in [2.05, 4.69) is 5.10 Å². The second-order valence-electron chi connectivity index (χ2n) is 3.19. The first kappa shape index (κ1) is 7.46. The number of ketones is 1. The monoisotopic (exact) mass is 168 g/mol. The van der Waals surface area contributed by atoms with Gasteiger partial charge in [-0.1, -0.05) is 0 Å². The lowest BCUT2D eigenvalue weighted by atomic mass is 10.2. The normalized spacial score (nSPS) is 19.2. The Morgan fingerprint density at radius 1 is 1.75 bits per heavy atom. The van der Waals surface area contributed by atoms with Crippen molar-refractivity contribution in [3.05, 3.63) is 18.2 Å². The molecule has 1 aromatic heterocycles. The Labute approximate surface area is 69.2 Å². The van der Waals surface area contributed by atoms with Crippen molar-refractivity contribution in [2.75, 3.05) is 0 Å². The van der Waals surface area contributed by atoms with E-state index in [1.807, 2.05) is 0 Å². The summed E-state index contributed by atoms with van der Waals surface area (Å²) in [6.45, 7) is 1.52. The Kier molecular flexibility index (Phi) is 1.34. The number of nitrogens with zero attached hydrogens (tertiary/aromatic N) is 2. The third kappa shape index (κ3) is 0.873. The molecule has 64 valence electrons. The molecule has 0 atom stereocenters. The first-order valence-corrected chi connectivity index (χ1v) is 3.87. The number of halogens is 1. The molecule has 1 aliphatic rings. The number of hydrogen-bond acceptors (Lipinski definition) is 2. The maximum Gasteiger partial charge on any atom is 0.161 e. The van der Waals surface area contributed by atoms with Gasteiger partial charge in [-0.05, 0) is 19.8 Å². The van der Waals surface area contributed by atoms with Gasteiger partial charge in [-0.15, -0.1) is 0 Å². The molecule has 0 N–H and O–H groups in total. The van der Waals surface area contributed by atoms with Gasteiger partial charge in [0.15, 0.2) is 11.6 Å². The first-order valence-electron chi connectivity index (χ1n) is 3.87. The van der Waals surface area contributed by atoms with E-state index in [1.54, 1.807) is 0 Å². The molecule has 3 nitrogen and oxygen atoms in total. The van der Waals surface area contributed by atoms with E-state index in [9.17, 15) is 9.18 Å². The molecule has 1 aliphatic carbocycles. The van der Waals surface area contributed by atoms with E-state index < -0.39 is 5.54 Å². The molecule has 2 rings (SSSR count). The summed E-state index contributed by atoms with van der Waals surface area (Å²) in [5.74, 6) is -0.326. The third-order valence-corrected chi connectivity index (χ3v) is 2.37. The van der Waals surface area contributed by atoms with Gasteiger partial charge in [0, 0.05) is 0 Å². The molecule has 0 bridgehead atoms. The third-order valence-electron chi connectivity index (χ3n) is 2.37. The number of carbonyl (C=O) groups excluding carboxylic acids is 1. The number of carbonyl (C=O) groups is 1. The molecule has 1 heterocycles. The lowest BCUT2D eigenvalue weighted by molar-refractivity contribution is -0.121. The van der Waals surface area contributed by atoms with Crippen molar-refractivity contribution in [1.29, 1.82) is 0 Å². The van der Waals surface area contributed by atoms with Crippen LogP contribution in [0, 0.1) is 5.82 Å². The summed E-state index contributed by atoms with van der Waals surface area (Å²) in [4.78, 5) is 11.2. The summed E-state index contributed by atoms with van der Waals surface area (Å²) in [6.07, 6.45) is 3.96. The van der Waals surface area contributed by atoms with Gasteiger partial charge in [0.1, 0.15) is 5.54 Å². The predicted octanol–water partition coefficient (Wildman–Crippen LogP) is 1.10. The highest BCUT2D eigenvalue weighted by molar-refractivity contribution is 5.86. The lowest BCUT2D eigenvalue weighted by Crippen LogP contribution is -2.25. The Hall–Kier alpha value is -1.19. The van der Waals surface area contributed by atoms with E-state index in [1.165, 1.54) is 17.8 Å². The highest BCUT2D eigenvalue weighted by Gasteiger charge is 2.50. The zero-order valence-electron chi connectivity index (χ0n) is 6.75. The fourth-order valence-electron chi connectivity index (χ4n) is 1.40. The summed E-state index contributed by atoms with van der Waals surface area (Å²) in [5.41, 5.74) is -0.510. The zero-order chi connectivity index (χ0) is 8.77. The van der Waals surface area contributed by atoms with Crippen LogP contribution in [-0.2, 0) is 10.3 Å². The van der Waals surface area contributed by atoms with Crippen molar-refractivity contribution in [2.45, 2.75) is 25.3 Å². The van der Waals surface area contributed by atoms with Crippen molar-refractivity contribution >= 4 is 5.78 Å². The van der Waals surface area contributed by atoms with Gasteiger partial charge >= 0.3 is 0 Å². The van der Waals surface area contributed by atoms with Crippen LogP contribution in [0.25, 0.3) is 0 Å². The minimum Gasteiger partial charge on any atom is -0.297 e. The van der Waals surface area contributed by atoms with Gasteiger partial charge < -0.3 is 0 Å². The van der Waals surface area contributed by atoms with Crippen molar-refractivity contribution < 1.29 is 9.18 Å². The van der Waals surface area contributed by atoms with E-state index in [0.717, 1.165) is 19.0 Å². The van der Waals surface area contributed by atoms with Gasteiger partial charge in [-0.3, -0.25) is 9.48 Å². The van der Waals surface area contributed by atoms with Crippen LogP contribution in [0.5, 0.6) is 0 Å². The molecule has 1 saturated carbocycles. The van der Waals surface area contributed by atoms with Crippen molar-refractivity contribution in [3.63, 3.8) is 0 Å². The maximum absolute atomic E-state index is 12.6. The Balaban J connectivity index is 2.36. The standard InChI is InChI=1S/C8H9FN2O/c1-6(12)8(2-3-8)11-5-7(9)4-10-11/h4-5H,2-3H2,1H3. The van der Waals surface area contributed by atoms with Crippen molar-refractivity contribution in [1.82, 2.24) is 9.78 Å². The smallest absolute Gasteiger partial charge is 0.161 e. The van der Waals surface area contributed by atoms with E-state index in [4.69, 9.17) is 0 Å². The SMILES string of the molecule is CC(=O)C1(n2cc(F)cn2)CC1. The average molecular weight is 168 g/mol. The number of Topliss-reactive ketones (excluding diaryl/α,β-unsaturated/α-hetero) is 1. The minimum absolute atomic E-state index is 0.0607. The summed E-state index contributed by atoms with van der Waals surface area (Å²) in [6, 6.07) is 0. The van der Waals surface area contributed by atoms with Gasteiger partial charge in [0.2, 0.25) is 0 Å². The van der Waals surface area contributed by atoms with Crippen LogP contribution < -0.4 is 0 Å². The van der Waals surface area contributed by atoms with Crippen LogP contribution >= 0.6 is 0 Å². The number of aromatic nitrogens is 2. The van der Waals surface area contributed by atoms with E-state index in [-0.39, 0.29) is 11.6 Å². The van der Waals surface area contributed by atoms with Gasteiger partial charge in [0.25, 0.3) is 0 Å². The van der Waals surface area contributed by atoms with Gasteiger partial charge in [0.05, 0.1) is 12.4 Å². The van der Waals surface area contributed by atoms with Crippen LogP contribution in [-0.4, -0.2) is 15.6 Å². The molecule has 0 unspecified atom stereocenters. The van der Waals surface area contributed by atoms with Gasteiger partial charge in [-0.2, -0.15) is 5.10 Å². The fraction of sp³-hybridized carbons (Fsp3) is 0.500. The summed E-state index contributed by atoms with van der Waals surface area (Å²) >= 11 is 0. The molecule has 0 radical (unpaired) electrons. The van der Waals surface area contributed by atoms with Crippen LogP contribution in [0.3, 0.4) is 0 Å². The van der Waals surface area contributed by atoms with Crippen molar-refractivity contribution in [3.8, 4) is 0 Å². The van der Waals surface area contributed by atoms with Gasteiger partial charge in [-0.25, -0.2) is 4.39 Å². The molecule has 4 heteroatoms. The molecule has 0 amide bonds. The van der Waals surface area contributed by atoms with E-state index in [0.29, 0.717) is 0 Å². The molecule has 0 spiro atoms. The first-order chi connectivity index (χ1) is 5.65. The highest BCUT2D eigenvalue weighted by atomic mass is 19.1. The van der Waals surface area contributed by atoms with Crippen LogP contribution in [0.2, 0.25) is 0 Å². The Morgan fingerprint density at radius 3 is 2.75 bits per heavy atom. The van der Waals surface area contributed by atoms with Crippen LogP contribution in [0.4, 0.5) is 4.39 Å². The summed E-state index contributed by atoms with van der Waals surface area (Å²) < 4.78 is 14.0. The van der Waals surface area contributed by atoms with E-state index >= 15 is 0 Å². The topological polar surface area (TPSA) is 34.9 Å². The quantitative estimate of drug-likeness (QED) is 0.662. The summed E-state index contributed by atoms with van der Waals surface area (Å²) in [5, 5.41) is 3.79. The molecule has 12 heavy (non-hydrogen) atoms. The molecule has 1 fully saturated rings. The second kappa shape index (κ2) is 2.15. The molecule has 0 saturated heterocycles. The number of rotatable bonds is 2. The predicted molar refractivity (Wildman–Crippen MR) is 40.1 cm³/mol. The molecular formula is C8H9FN2O. The largest absolute Gasteiger partial charge is 0.297 e. The second-order valence-corrected chi connectivity index (χ2v) is 3.19. The zero-order valence-corrected chi connectivity index (χ0v) is 6.75. The molecule has 0 aliphatic heterocycles. The number of hydrogen-bond donors (Lipinski definition) is 0. The van der Waals surface area contributed by atoms with Crippen LogP contribution in [0.15, 0.2) is 12.4 Å². The summed E-state index contributed by atoms with van der Waals surface area (Å²) in [7, 11) is 0. The van der Waals surface area contributed by atoms with Crippen molar-refractivity contribution in [2.24, 2.45) is 0 Å². The van der Waals surface area contributed by atoms with Crippen LogP contribution in [0.1, 0.15) is 19.8 Å². The lowest BCUT2D eigenvalue weighted by Gasteiger charge is -2.10. The molecule has 1 aromatic rings. The minimum atomic E-state index is -0.510.